The van der Waals surface area contributed by atoms with Gasteiger partial charge in [-0.15, -0.1) is 0 Å². The fraction of sp³-hybridized carbons (Fsp3) is 0.429. The zero-order chi connectivity index (χ0) is 14.7. The molecule has 108 valence electrons. The van der Waals surface area contributed by atoms with Gasteiger partial charge in [-0.05, 0) is 30.7 Å². The molecule has 0 aliphatic carbocycles. The van der Waals surface area contributed by atoms with Crippen molar-refractivity contribution in [2.45, 2.75) is 12.5 Å². The van der Waals surface area contributed by atoms with Crippen molar-refractivity contribution in [3.8, 4) is 0 Å². The van der Waals surface area contributed by atoms with E-state index in [0.29, 0.717) is 18.5 Å². The number of ether oxygens (including phenoxy) is 1. The van der Waals surface area contributed by atoms with Crippen molar-refractivity contribution >= 4 is 11.9 Å². The summed E-state index contributed by atoms with van der Waals surface area (Å²) in [4.78, 5) is 25.4. The van der Waals surface area contributed by atoms with Crippen LogP contribution in [0.1, 0.15) is 16.8 Å². The number of rotatable bonds is 2. The van der Waals surface area contributed by atoms with E-state index >= 15 is 0 Å². The van der Waals surface area contributed by atoms with E-state index in [1.54, 1.807) is 0 Å². The molecular weight excluding hydrogens is 263 g/mol. The maximum Gasteiger partial charge on any atom is 0.310 e. The molecule has 2 N–H and O–H groups in total. The first-order valence-corrected chi connectivity index (χ1v) is 6.39. The number of amides is 1. The minimum absolute atomic E-state index is 0.256. The fourth-order valence-corrected chi connectivity index (χ4v) is 2.42. The summed E-state index contributed by atoms with van der Waals surface area (Å²) >= 11 is 0. The Bertz CT molecular complexity index is 504. The Labute approximate surface area is 116 Å². The van der Waals surface area contributed by atoms with Crippen LogP contribution in [0.15, 0.2) is 24.3 Å². The Kier molecular flexibility index (Phi) is 4.34. The molecule has 6 heteroatoms. The molecule has 1 amide bonds. The van der Waals surface area contributed by atoms with Crippen molar-refractivity contribution in [3.05, 3.63) is 35.6 Å². The highest BCUT2D eigenvalue weighted by Crippen LogP contribution is 2.19. The topological polar surface area (TPSA) is 72.6 Å². The van der Waals surface area contributed by atoms with Gasteiger partial charge >= 0.3 is 5.97 Å². The van der Waals surface area contributed by atoms with Crippen molar-refractivity contribution in [3.63, 3.8) is 0 Å². The van der Waals surface area contributed by atoms with Crippen LogP contribution in [0, 0.1) is 11.7 Å². The van der Waals surface area contributed by atoms with Gasteiger partial charge in [-0.1, -0.05) is 0 Å². The average molecular weight is 280 g/mol. The number of carbonyl (C=O) groups is 2. The number of benzene rings is 1. The van der Waals surface area contributed by atoms with Crippen LogP contribution in [0.4, 0.5) is 4.39 Å². The third-order valence-corrected chi connectivity index (χ3v) is 3.40. The van der Waals surface area contributed by atoms with Gasteiger partial charge in [-0.25, -0.2) is 4.39 Å². The van der Waals surface area contributed by atoms with Gasteiger partial charge in [-0.3, -0.25) is 9.59 Å². The second kappa shape index (κ2) is 6.00. The van der Waals surface area contributed by atoms with E-state index < -0.39 is 11.7 Å². The lowest BCUT2D eigenvalue weighted by molar-refractivity contribution is -0.147. The first kappa shape index (κ1) is 14.5. The van der Waals surface area contributed by atoms with Crippen LogP contribution in [0.25, 0.3) is 0 Å². The van der Waals surface area contributed by atoms with Gasteiger partial charge in [0.1, 0.15) is 5.82 Å². The Balaban J connectivity index is 2.12. The molecule has 0 radical (unpaired) electrons. The summed E-state index contributed by atoms with van der Waals surface area (Å²) in [5.41, 5.74) is 6.27. The summed E-state index contributed by atoms with van der Waals surface area (Å²) < 4.78 is 17.6. The Morgan fingerprint density at radius 3 is 2.55 bits per heavy atom. The van der Waals surface area contributed by atoms with E-state index in [1.165, 1.54) is 36.3 Å². The number of hydrogen-bond acceptors (Lipinski definition) is 4. The van der Waals surface area contributed by atoms with E-state index in [0.717, 1.165) is 0 Å². The molecule has 1 aromatic carbocycles. The largest absolute Gasteiger partial charge is 0.469 e. The molecule has 0 aromatic heterocycles. The number of piperidine rings is 1. The first-order chi connectivity index (χ1) is 9.51. The lowest BCUT2D eigenvalue weighted by atomic mass is 9.94. The van der Waals surface area contributed by atoms with Crippen molar-refractivity contribution in [1.29, 1.82) is 0 Å². The summed E-state index contributed by atoms with van der Waals surface area (Å²) in [6.45, 7) is 0.653. The minimum atomic E-state index is -0.409. The van der Waals surface area contributed by atoms with E-state index in [1.807, 2.05) is 0 Å². The van der Waals surface area contributed by atoms with Gasteiger partial charge in [0.2, 0.25) is 0 Å². The second-order valence-corrected chi connectivity index (χ2v) is 4.93. The number of methoxy groups -OCH3 is 1. The molecule has 1 heterocycles. The van der Waals surface area contributed by atoms with Crippen LogP contribution in [0.3, 0.4) is 0 Å². The predicted octanol–water partition coefficient (Wildman–Crippen LogP) is 0.788. The standard InChI is InChI=1S/C14H17FN2O3/c1-20-14(19)10-6-12(16)8-17(7-10)13(18)9-2-4-11(15)5-3-9/h2-5,10,12H,6-8,16H2,1H3. The third kappa shape index (κ3) is 3.14. The number of nitrogens with zero attached hydrogens (tertiary/aromatic N) is 1. The molecule has 1 aliphatic rings. The number of hydrogen-bond donors (Lipinski definition) is 1. The van der Waals surface area contributed by atoms with Gasteiger partial charge in [0, 0.05) is 24.7 Å². The van der Waals surface area contributed by atoms with Crippen LogP contribution >= 0.6 is 0 Å². The molecule has 2 unspecified atom stereocenters. The molecular formula is C14H17FN2O3. The third-order valence-electron chi connectivity index (χ3n) is 3.40. The van der Waals surface area contributed by atoms with Crippen molar-refractivity contribution < 1.29 is 18.7 Å². The van der Waals surface area contributed by atoms with Gasteiger partial charge < -0.3 is 15.4 Å². The van der Waals surface area contributed by atoms with Gasteiger partial charge in [0.05, 0.1) is 13.0 Å². The van der Waals surface area contributed by atoms with Crippen LogP contribution in [0.2, 0.25) is 0 Å². The Morgan fingerprint density at radius 1 is 1.30 bits per heavy atom. The zero-order valence-corrected chi connectivity index (χ0v) is 11.2. The molecule has 0 saturated carbocycles. The summed E-state index contributed by atoms with van der Waals surface area (Å²) in [7, 11) is 1.31. The predicted molar refractivity (Wildman–Crippen MR) is 70.4 cm³/mol. The van der Waals surface area contributed by atoms with Crippen LogP contribution < -0.4 is 5.73 Å². The van der Waals surface area contributed by atoms with E-state index in [9.17, 15) is 14.0 Å². The molecule has 1 saturated heterocycles. The SMILES string of the molecule is COC(=O)C1CC(N)CN(C(=O)c2ccc(F)cc2)C1. The van der Waals surface area contributed by atoms with E-state index in [-0.39, 0.29) is 24.5 Å². The number of nitrogens with two attached hydrogens (primary N) is 1. The molecule has 20 heavy (non-hydrogen) atoms. The lowest BCUT2D eigenvalue weighted by Gasteiger charge is -2.35. The normalized spacial score (nSPS) is 22.4. The summed E-state index contributed by atoms with van der Waals surface area (Å²) in [5, 5.41) is 0. The maximum atomic E-state index is 12.9. The van der Waals surface area contributed by atoms with Crippen molar-refractivity contribution in [1.82, 2.24) is 4.90 Å². The smallest absolute Gasteiger partial charge is 0.310 e. The maximum absolute atomic E-state index is 12.9. The quantitative estimate of drug-likeness (QED) is 0.813. The van der Waals surface area contributed by atoms with Crippen LogP contribution in [0.5, 0.6) is 0 Å². The zero-order valence-electron chi connectivity index (χ0n) is 11.2. The average Bonchev–Trinajstić information content (AvgIpc) is 2.45. The number of halogens is 1. The highest BCUT2D eigenvalue weighted by atomic mass is 19.1. The van der Waals surface area contributed by atoms with Crippen LogP contribution in [-0.4, -0.2) is 43.0 Å². The molecule has 1 aromatic rings. The van der Waals surface area contributed by atoms with Crippen molar-refractivity contribution in [2.24, 2.45) is 11.7 Å². The van der Waals surface area contributed by atoms with Crippen LogP contribution in [-0.2, 0) is 9.53 Å². The Hall–Kier alpha value is -1.95. The Morgan fingerprint density at radius 2 is 1.95 bits per heavy atom. The highest BCUT2D eigenvalue weighted by molar-refractivity contribution is 5.94. The number of esters is 1. The monoisotopic (exact) mass is 280 g/mol. The lowest BCUT2D eigenvalue weighted by Crippen LogP contribution is -2.51. The summed E-state index contributed by atoms with van der Waals surface area (Å²) in [6.07, 6.45) is 0.500. The van der Waals surface area contributed by atoms with Gasteiger partial charge in [0.15, 0.2) is 0 Å². The van der Waals surface area contributed by atoms with Gasteiger partial charge in [0.25, 0.3) is 5.91 Å². The molecule has 1 aliphatic heterocycles. The molecule has 0 spiro atoms. The summed E-state index contributed by atoms with van der Waals surface area (Å²) in [6, 6.07) is 5.04. The molecule has 1 fully saturated rings. The van der Waals surface area contributed by atoms with Gasteiger partial charge in [-0.2, -0.15) is 0 Å². The number of carbonyl (C=O) groups excluding carboxylic acids is 2. The highest BCUT2D eigenvalue weighted by Gasteiger charge is 2.33. The minimum Gasteiger partial charge on any atom is -0.469 e. The fourth-order valence-electron chi connectivity index (χ4n) is 2.42. The van der Waals surface area contributed by atoms with E-state index in [2.05, 4.69) is 0 Å². The molecule has 2 rings (SSSR count). The molecule has 2 atom stereocenters. The van der Waals surface area contributed by atoms with E-state index in [4.69, 9.17) is 10.5 Å². The molecule has 0 bridgehead atoms. The summed E-state index contributed by atoms with van der Waals surface area (Å²) in [5.74, 6) is -1.43. The van der Waals surface area contributed by atoms with Crippen molar-refractivity contribution in [2.75, 3.05) is 20.2 Å². The first-order valence-electron chi connectivity index (χ1n) is 6.39. The molecule has 5 nitrogen and oxygen atoms in total. The second-order valence-electron chi connectivity index (χ2n) is 4.93. The number of likely N-dealkylation sites (tertiary alicyclic amines) is 1.